The van der Waals surface area contributed by atoms with Gasteiger partial charge in [-0.1, -0.05) is 86.6 Å². The van der Waals surface area contributed by atoms with Gasteiger partial charge in [0.15, 0.2) is 8.32 Å². The molecule has 0 unspecified atom stereocenters. The second-order valence-corrected chi connectivity index (χ2v) is 24.7. The van der Waals surface area contributed by atoms with Gasteiger partial charge in [-0.2, -0.15) is 0 Å². The molecule has 234 valence electrons. The lowest BCUT2D eigenvalue weighted by atomic mass is 10.0. The van der Waals surface area contributed by atoms with Crippen molar-refractivity contribution in [3.8, 4) is 5.75 Å². The van der Waals surface area contributed by atoms with E-state index >= 15 is 0 Å². The minimum Gasteiger partial charge on any atom is -0.452 e. The number of carbonyl (C=O) groups excluding carboxylic acids is 1. The molecule has 0 radical (unpaired) electrons. The molecule has 1 aromatic carbocycles. The highest BCUT2D eigenvalue weighted by atomic mass is 28.4. The summed E-state index contributed by atoms with van der Waals surface area (Å²) in [4.78, 5) is 12.9. The number of aliphatic hydroxyl groups excluding tert-OH is 1. The van der Waals surface area contributed by atoms with Crippen molar-refractivity contribution in [2.24, 2.45) is 0 Å². The molecule has 0 saturated carbocycles. The SMILES string of the molecule is CC(C)[Si](O[C@H](/C=C/Cc1cccc2c1C(=O)OC(C)(C)O2)C[C@H](CCO)O[Si](C)(C)C(C)(C)C)(C(C)C)C(C)C. The Morgan fingerprint density at radius 3 is 2.07 bits per heavy atom. The van der Waals surface area contributed by atoms with Gasteiger partial charge >= 0.3 is 5.97 Å². The largest absolute Gasteiger partial charge is 0.452 e. The second kappa shape index (κ2) is 13.9. The third-order valence-electron chi connectivity index (χ3n) is 8.98. The Morgan fingerprint density at radius 2 is 1.56 bits per heavy atom. The van der Waals surface area contributed by atoms with Crippen LogP contribution >= 0.6 is 0 Å². The summed E-state index contributed by atoms with van der Waals surface area (Å²) in [6, 6.07) is 5.69. The van der Waals surface area contributed by atoms with Gasteiger partial charge in [0.1, 0.15) is 11.3 Å². The fraction of sp³-hybridized carbons (Fsp3) is 0.727. The van der Waals surface area contributed by atoms with Crippen LogP contribution in [-0.2, 0) is 20.0 Å². The third kappa shape index (κ3) is 8.79. The molecule has 1 aliphatic rings. The van der Waals surface area contributed by atoms with Crippen molar-refractivity contribution in [1.29, 1.82) is 0 Å². The number of benzene rings is 1. The van der Waals surface area contributed by atoms with Gasteiger partial charge < -0.3 is 23.4 Å². The van der Waals surface area contributed by atoms with Crippen LogP contribution in [0.15, 0.2) is 30.4 Å². The minimum atomic E-state index is -2.21. The zero-order valence-corrected chi connectivity index (χ0v) is 30.1. The highest BCUT2D eigenvalue weighted by Crippen LogP contribution is 2.44. The summed E-state index contributed by atoms with van der Waals surface area (Å²) in [5.41, 5.74) is 2.67. The Labute approximate surface area is 252 Å². The topological polar surface area (TPSA) is 74.2 Å². The summed E-state index contributed by atoms with van der Waals surface area (Å²) in [5, 5.41) is 10.0. The smallest absolute Gasteiger partial charge is 0.345 e. The number of hydrogen-bond acceptors (Lipinski definition) is 6. The predicted octanol–water partition coefficient (Wildman–Crippen LogP) is 8.79. The minimum absolute atomic E-state index is 0.0663. The van der Waals surface area contributed by atoms with Gasteiger partial charge in [-0.25, -0.2) is 4.79 Å². The molecule has 2 rings (SSSR count). The van der Waals surface area contributed by atoms with Crippen LogP contribution in [0, 0.1) is 0 Å². The van der Waals surface area contributed by atoms with Gasteiger partial charge in [-0.05, 0) is 59.2 Å². The molecule has 0 bridgehead atoms. The molecule has 0 aromatic heterocycles. The number of rotatable bonds is 14. The van der Waals surface area contributed by atoms with Crippen LogP contribution in [0.25, 0.3) is 0 Å². The average Bonchev–Trinajstić information content (AvgIpc) is 2.79. The molecule has 2 atom stereocenters. The van der Waals surface area contributed by atoms with Gasteiger partial charge in [0.05, 0.1) is 6.10 Å². The Hall–Kier alpha value is -1.46. The van der Waals surface area contributed by atoms with Crippen LogP contribution in [0.4, 0.5) is 0 Å². The molecule has 8 heteroatoms. The summed E-state index contributed by atoms with van der Waals surface area (Å²) < 4.78 is 25.6. The first-order valence-corrected chi connectivity index (χ1v) is 20.5. The number of fused-ring (bicyclic) bond motifs is 1. The predicted molar refractivity (Wildman–Crippen MR) is 174 cm³/mol. The molecule has 0 spiro atoms. The normalized spacial score (nSPS) is 17.6. The van der Waals surface area contributed by atoms with Crippen LogP contribution in [0.2, 0.25) is 34.8 Å². The standard InChI is InChI=1S/C33H58O6Si2/c1-23(2)41(24(3)4,25(5)6)39-27(22-28(20-21-34)38-40(12,13)32(7,8)9)18-14-16-26-17-15-19-29-30(26)31(35)37-33(10,11)36-29/h14-15,17-19,23-25,27-28,34H,16,20-22H2,1-13H3/b18-14+/t27-,28+/m1/s1. The van der Waals surface area contributed by atoms with E-state index in [1.807, 2.05) is 18.2 Å². The van der Waals surface area contributed by atoms with Crippen LogP contribution in [-0.4, -0.2) is 52.3 Å². The molecule has 1 N–H and O–H groups in total. The van der Waals surface area contributed by atoms with E-state index < -0.39 is 22.4 Å². The van der Waals surface area contributed by atoms with E-state index in [1.54, 1.807) is 13.8 Å². The van der Waals surface area contributed by atoms with Gasteiger partial charge in [0.2, 0.25) is 14.1 Å². The van der Waals surface area contributed by atoms with Crippen molar-refractivity contribution < 1.29 is 28.2 Å². The zero-order chi connectivity index (χ0) is 31.4. The molecule has 1 aliphatic heterocycles. The van der Waals surface area contributed by atoms with Crippen LogP contribution in [0.5, 0.6) is 5.75 Å². The van der Waals surface area contributed by atoms with Crippen LogP contribution in [0.1, 0.15) is 105 Å². The van der Waals surface area contributed by atoms with E-state index in [4.69, 9.17) is 18.3 Å². The molecule has 41 heavy (non-hydrogen) atoms. The fourth-order valence-corrected chi connectivity index (χ4v) is 12.9. The molecule has 0 saturated heterocycles. The quantitative estimate of drug-likeness (QED) is 0.130. The highest BCUT2D eigenvalue weighted by molar-refractivity contribution is 6.77. The van der Waals surface area contributed by atoms with Gasteiger partial charge in [0, 0.05) is 33.0 Å². The highest BCUT2D eigenvalue weighted by Gasteiger charge is 2.47. The van der Waals surface area contributed by atoms with Crippen molar-refractivity contribution in [2.75, 3.05) is 6.61 Å². The van der Waals surface area contributed by atoms with Crippen molar-refractivity contribution in [1.82, 2.24) is 0 Å². The van der Waals surface area contributed by atoms with E-state index in [2.05, 4.69) is 87.6 Å². The van der Waals surface area contributed by atoms with E-state index in [0.29, 0.717) is 47.2 Å². The number of cyclic esters (lactones) is 1. The average molecular weight is 607 g/mol. The first kappa shape index (κ1) is 35.7. The summed E-state index contributed by atoms with van der Waals surface area (Å²) in [6.07, 6.45) is 5.79. The van der Waals surface area contributed by atoms with Crippen molar-refractivity contribution in [2.45, 2.75) is 148 Å². The van der Waals surface area contributed by atoms with Crippen LogP contribution in [0.3, 0.4) is 0 Å². The molecular formula is C33H58O6Si2. The fourth-order valence-electron chi connectivity index (χ4n) is 6.03. The zero-order valence-electron chi connectivity index (χ0n) is 28.1. The van der Waals surface area contributed by atoms with Crippen LogP contribution < -0.4 is 4.74 Å². The van der Waals surface area contributed by atoms with Crippen molar-refractivity contribution >= 4 is 22.6 Å². The Bertz CT molecular complexity index is 1020. The number of carbonyl (C=O) groups is 1. The van der Waals surface area contributed by atoms with E-state index in [-0.39, 0.29) is 29.8 Å². The maximum atomic E-state index is 12.9. The Morgan fingerprint density at radius 1 is 0.976 bits per heavy atom. The third-order valence-corrected chi connectivity index (χ3v) is 19.6. The van der Waals surface area contributed by atoms with E-state index in [1.165, 1.54) is 0 Å². The van der Waals surface area contributed by atoms with Crippen molar-refractivity contribution in [3.05, 3.63) is 41.5 Å². The lowest BCUT2D eigenvalue weighted by Crippen LogP contribution is -2.51. The van der Waals surface area contributed by atoms with E-state index in [0.717, 1.165) is 5.56 Å². The summed E-state index contributed by atoms with van der Waals surface area (Å²) >= 11 is 0. The number of ether oxygens (including phenoxy) is 2. The monoisotopic (exact) mass is 606 g/mol. The molecule has 0 amide bonds. The summed E-state index contributed by atoms with van der Waals surface area (Å²) in [5.74, 6) is -0.784. The lowest BCUT2D eigenvalue weighted by Gasteiger charge is -2.45. The summed E-state index contributed by atoms with van der Waals surface area (Å²) in [6.45, 7) is 28.6. The molecule has 0 aliphatic carbocycles. The molecular weight excluding hydrogens is 549 g/mol. The number of esters is 1. The number of allylic oxidation sites excluding steroid dienone is 1. The maximum absolute atomic E-state index is 12.9. The molecule has 1 aromatic rings. The first-order valence-electron chi connectivity index (χ1n) is 15.4. The molecule has 1 heterocycles. The van der Waals surface area contributed by atoms with E-state index in [9.17, 15) is 9.90 Å². The molecule has 6 nitrogen and oxygen atoms in total. The number of aliphatic hydroxyl groups is 1. The molecule has 0 fully saturated rings. The first-order chi connectivity index (χ1) is 18.8. The Balaban J connectivity index is 2.45. The van der Waals surface area contributed by atoms with Gasteiger partial charge in [-0.3, -0.25) is 0 Å². The van der Waals surface area contributed by atoms with Crippen molar-refractivity contribution in [3.63, 3.8) is 0 Å². The summed E-state index contributed by atoms with van der Waals surface area (Å²) in [7, 11) is -4.27. The van der Waals surface area contributed by atoms with Gasteiger partial charge in [-0.15, -0.1) is 0 Å². The van der Waals surface area contributed by atoms with Gasteiger partial charge in [0.25, 0.3) is 0 Å². The lowest BCUT2D eigenvalue weighted by molar-refractivity contribution is -0.127. The second-order valence-electron chi connectivity index (χ2n) is 14.5. The number of hydrogen-bond donors (Lipinski definition) is 1. The maximum Gasteiger partial charge on any atom is 0.345 e. The Kier molecular flexibility index (Phi) is 12.1.